The van der Waals surface area contributed by atoms with Crippen LogP contribution in [0, 0.1) is 5.82 Å². The number of halogens is 1. The summed E-state index contributed by atoms with van der Waals surface area (Å²) in [6.45, 7) is 0. The lowest BCUT2D eigenvalue weighted by Crippen LogP contribution is -2.20. The summed E-state index contributed by atoms with van der Waals surface area (Å²) in [5.41, 5.74) is 3.21. The zero-order valence-corrected chi connectivity index (χ0v) is 16.4. The van der Waals surface area contributed by atoms with Gasteiger partial charge in [0.15, 0.2) is 0 Å². The van der Waals surface area contributed by atoms with Crippen LogP contribution in [0.4, 0.5) is 16.3 Å². The summed E-state index contributed by atoms with van der Waals surface area (Å²) >= 11 is 0. The first-order valence-corrected chi connectivity index (χ1v) is 9.80. The van der Waals surface area contributed by atoms with Crippen molar-refractivity contribution in [3.8, 4) is 0 Å². The van der Waals surface area contributed by atoms with Crippen molar-refractivity contribution in [3.05, 3.63) is 114 Å². The second kappa shape index (κ2) is 7.87. The second-order valence-electron chi connectivity index (χ2n) is 7.09. The maximum Gasteiger partial charge on any atom is 0.258 e. The SMILES string of the molecule is O=C(Nc1nc2n(n1)[C@@H](c1ccc(F)cc1)C=C(c1ccccc1)N2)c1ccccc1. The Morgan fingerprint density at radius 3 is 2.32 bits per heavy atom. The van der Waals surface area contributed by atoms with E-state index in [9.17, 15) is 9.18 Å². The van der Waals surface area contributed by atoms with E-state index in [4.69, 9.17) is 0 Å². The van der Waals surface area contributed by atoms with Crippen LogP contribution in [0.15, 0.2) is 91.0 Å². The van der Waals surface area contributed by atoms with Crippen LogP contribution in [0.5, 0.6) is 0 Å². The minimum absolute atomic E-state index is 0.186. The highest BCUT2D eigenvalue weighted by atomic mass is 19.1. The third-order valence-corrected chi connectivity index (χ3v) is 5.02. The second-order valence-corrected chi connectivity index (χ2v) is 7.09. The molecular weight excluding hydrogens is 393 g/mol. The Kier molecular flexibility index (Phi) is 4.76. The number of nitrogens with zero attached hydrogens (tertiary/aromatic N) is 3. The Balaban J connectivity index is 1.51. The maximum absolute atomic E-state index is 13.5. The fourth-order valence-corrected chi connectivity index (χ4v) is 3.49. The van der Waals surface area contributed by atoms with Gasteiger partial charge in [-0.25, -0.2) is 9.07 Å². The van der Waals surface area contributed by atoms with Crippen LogP contribution in [0.1, 0.15) is 27.5 Å². The summed E-state index contributed by atoms with van der Waals surface area (Å²) in [5, 5.41) is 10.5. The molecule has 1 aromatic heterocycles. The molecule has 1 aliphatic heterocycles. The van der Waals surface area contributed by atoms with Gasteiger partial charge in [0.2, 0.25) is 5.95 Å². The van der Waals surface area contributed by atoms with E-state index in [0.717, 1.165) is 16.8 Å². The van der Waals surface area contributed by atoms with Gasteiger partial charge < -0.3 is 5.32 Å². The number of benzene rings is 3. The predicted octanol–water partition coefficient (Wildman–Crippen LogP) is 4.73. The van der Waals surface area contributed by atoms with Crippen LogP contribution in [-0.4, -0.2) is 20.7 Å². The number of aromatic nitrogens is 3. The molecule has 0 unspecified atom stereocenters. The molecule has 0 saturated carbocycles. The lowest BCUT2D eigenvalue weighted by atomic mass is 10.0. The van der Waals surface area contributed by atoms with Gasteiger partial charge in [-0.2, -0.15) is 4.98 Å². The van der Waals surface area contributed by atoms with Crippen LogP contribution < -0.4 is 10.6 Å². The topological polar surface area (TPSA) is 71.8 Å². The molecule has 152 valence electrons. The molecule has 4 aromatic rings. The molecule has 3 aromatic carbocycles. The first-order chi connectivity index (χ1) is 15.2. The minimum Gasteiger partial charge on any atom is -0.324 e. The summed E-state index contributed by atoms with van der Waals surface area (Å²) < 4.78 is 15.2. The molecule has 0 fully saturated rings. The van der Waals surface area contributed by atoms with Crippen molar-refractivity contribution in [2.24, 2.45) is 0 Å². The lowest BCUT2D eigenvalue weighted by molar-refractivity contribution is 0.102. The van der Waals surface area contributed by atoms with E-state index in [1.807, 2.05) is 42.5 Å². The summed E-state index contributed by atoms with van der Waals surface area (Å²) in [4.78, 5) is 17.0. The van der Waals surface area contributed by atoms with E-state index in [1.54, 1.807) is 41.1 Å². The molecule has 0 saturated heterocycles. The number of hydrogen-bond donors (Lipinski definition) is 2. The molecular formula is C24H18FN5O. The van der Waals surface area contributed by atoms with Gasteiger partial charge in [0, 0.05) is 11.3 Å². The molecule has 7 heteroatoms. The minimum atomic E-state index is -0.318. The Bertz CT molecular complexity index is 1250. The smallest absolute Gasteiger partial charge is 0.258 e. The average Bonchev–Trinajstić information content (AvgIpc) is 3.22. The number of carbonyl (C=O) groups is 1. The largest absolute Gasteiger partial charge is 0.324 e. The Hall–Kier alpha value is -4.26. The molecule has 1 amide bonds. The van der Waals surface area contributed by atoms with Crippen LogP contribution in [0.3, 0.4) is 0 Å². The van der Waals surface area contributed by atoms with Crippen LogP contribution in [-0.2, 0) is 0 Å². The van der Waals surface area contributed by atoms with E-state index >= 15 is 0 Å². The van der Waals surface area contributed by atoms with Crippen molar-refractivity contribution < 1.29 is 9.18 Å². The first-order valence-electron chi connectivity index (χ1n) is 9.80. The normalized spacial score (nSPS) is 14.9. The number of fused-ring (bicyclic) bond motifs is 1. The quantitative estimate of drug-likeness (QED) is 0.510. The van der Waals surface area contributed by atoms with Gasteiger partial charge in [-0.1, -0.05) is 60.7 Å². The average molecular weight is 411 g/mol. The Morgan fingerprint density at radius 1 is 0.935 bits per heavy atom. The van der Waals surface area contributed by atoms with Crippen molar-refractivity contribution in [2.45, 2.75) is 6.04 Å². The van der Waals surface area contributed by atoms with E-state index in [1.165, 1.54) is 12.1 Å². The van der Waals surface area contributed by atoms with E-state index in [0.29, 0.717) is 11.5 Å². The van der Waals surface area contributed by atoms with Gasteiger partial charge in [0.05, 0.1) is 0 Å². The van der Waals surface area contributed by atoms with Crippen LogP contribution >= 0.6 is 0 Å². The zero-order chi connectivity index (χ0) is 21.2. The van der Waals surface area contributed by atoms with Crippen molar-refractivity contribution in [1.29, 1.82) is 0 Å². The maximum atomic E-state index is 13.5. The highest BCUT2D eigenvalue weighted by Crippen LogP contribution is 2.33. The van der Waals surface area contributed by atoms with Crippen molar-refractivity contribution in [1.82, 2.24) is 14.8 Å². The fraction of sp³-hybridized carbons (Fsp3) is 0.0417. The van der Waals surface area contributed by atoms with Crippen LogP contribution in [0.25, 0.3) is 5.70 Å². The van der Waals surface area contributed by atoms with Gasteiger partial charge in [-0.15, -0.1) is 5.10 Å². The first kappa shape index (κ1) is 18.7. The Morgan fingerprint density at radius 2 is 1.61 bits per heavy atom. The number of carbonyl (C=O) groups excluding carboxylic acids is 1. The molecule has 6 nitrogen and oxygen atoms in total. The standard InChI is InChI=1S/C24H18FN5O/c25-19-13-11-17(12-14-19)21-15-20(16-7-3-1-4-8-16)26-24-28-23(29-30(21)24)27-22(31)18-9-5-2-6-10-18/h1-15,21H,(H2,26,27,28,29,31)/t21-/m1/s1. The van der Waals surface area contributed by atoms with Gasteiger partial charge in [0.1, 0.15) is 11.9 Å². The zero-order valence-electron chi connectivity index (χ0n) is 16.4. The van der Waals surface area contributed by atoms with Crippen molar-refractivity contribution in [2.75, 3.05) is 10.6 Å². The lowest BCUT2D eigenvalue weighted by Gasteiger charge is -2.24. The molecule has 1 atom stereocenters. The Labute approximate surface area is 178 Å². The monoisotopic (exact) mass is 411 g/mol. The number of nitrogens with one attached hydrogen (secondary N) is 2. The molecule has 0 spiro atoms. The number of amides is 1. The van der Waals surface area contributed by atoms with Gasteiger partial charge in [-0.05, 0) is 41.5 Å². The number of anilines is 2. The highest BCUT2D eigenvalue weighted by molar-refractivity contribution is 6.03. The molecule has 2 heterocycles. The number of rotatable bonds is 4. The molecule has 31 heavy (non-hydrogen) atoms. The summed E-state index contributed by atoms with van der Waals surface area (Å²) in [5.74, 6) is 0.0721. The van der Waals surface area contributed by atoms with Crippen LogP contribution in [0.2, 0.25) is 0 Å². The van der Waals surface area contributed by atoms with Gasteiger partial charge >= 0.3 is 0 Å². The number of hydrogen-bond acceptors (Lipinski definition) is 4. The highest BCUT2D eigenvalue weighted by Gasteiger charge is 2.26. The third-order valence-electron chi connectivity index (χ3n) is 5.02. The molecule has 1 aliphatic rings. The van der Waals surface area contributed by atoms with E-state index in [2.05, 4.69) is 20.7 Å². The molecule has 5 rings (SSSR count). The van der Waals surface area contributed by atoms with E-state index in [-0.39, 0.29) is 23.7 Å². The number of allylic oxidation sites excluding steroid dienone is 1. The molecule has 2 N–H and O–H groups in total. The van der Waals surface area contributed by atoms with Crippen molar-refractivity contribution in [3.63, 3.8) is 0 Å². The van der Waals surface area contributed by atoms with Crippen molar-refractivity contribution >= 4 is 23.5 Å². The molecule has 0 bridgehead atoms. The van der Waals surface area contributed by atoms with Gasteiger partial charge in [-0.3, -0.25) is 10.1 Å². The third kappa shape index (κ3) is 3.81. The molecule has 0 radical (unpaired) electrons. The molecule has 0 aliphatic carbocycles. The fourth-order valence-electron chi connectivity index (χ4n) is 3.49. The summed E-state index contributed by atoms with van der Waals surface area (Å²) in [6.07, 6.45) is 2.01. The van der Waals surface area contributed by atoms with E-state index < -0.39 is 0 Å². The summed E-state index contributed by atoms with van der Waals surface area (Å²) in [6, 6.07) is 24.7. The summed E-state index contributed by atoms with van der Waals surface area (Å²) in [7, 11) is 0. The van der Waals surface area contributed by atoms with Gasteiger partial charge in [0.25, 0.3) is 11.9 Å². The predicted molar refractivity (Wildman–Crippen MR) is 117 cm³/mol.